The molecule has 1 saturated carbocycles. The second-order valence-electron chi connectivity index (χ2n) is 6.57. The molecule has 3 N–H and O–H groups in total. The Morgan fingerprint density at radius 3 is 2.88 bits per heavy atom. The van der Waals surface area contributed by atoms with Gasteiger partial charge >= 0.3 is 0 Å². The van der Waals surface area contributed by atoms with Gasteiger partial charge in [0, 0.05) is 29.6 Å². The highest BCUT2D eigenvalue weighted by molar-refractivity contribution is 6.20. The number of hydrogen-bond donors (Lipinski definition) is 3. The number of anilines is 1. The van der Waals surface area contributed by atoms with Crippen LogP contribution < -0.4 is 5.32 Å². The number of pyridine rings is 1. The third kappa shape index (κ3) is 4.02. The van der Waals surface area contributed by atoms with Crippen molar-refractivity contribution in [1.82, 2.24) is 15.0 Å². The van der Waals surface area contributed by atoms with Crippen LogP contribution in [-0.4, -0.2) is 32.3 Å². The van der Waals surface area contributed by atoms with Crippen molar-refractivity contribution in [2.24, 2.45) is 10.9 Å². The van der Waals surface area contributed by atoms with Crippen LogP contribution in [0.25, 0.3) is 11.6 Å². The van der Waals surface area contributed by atoms with Crippen LogP contribution in [0, 0.1) is 5.92 Å². The molecule has 0 spiro atoms. The number of imidazole rings is 1. The van der Waals surface area contributed by atoms with E-state index < -0.39 is 0 Å². The smallest absolute Gasteiger partial charge is 0.238 e. The van der Waals surface area contributed by atoms with Crippen LogP contribution in [0.3, 0.4) is 0 Å². The molecule has 1 aliphatic carbocycles. The maximum atomic E-state index is 10.1. The summed E-state index contributed by atoms with van der Waals surface area (Å²) in [6, 6.07) is 4.26. The Kier molecular flexibility index (Phi) is 6.67. The highest BCUT2D eigenvalue weighted by Gasteiger charge is 2.22. The van der Waals surface area contributed by atoms with Crippen molar-refractivity contribution in [3.63, 3.8) is 0 Å². The van der Waals surface area contributed by atoms with Crippen molar-refractivity contribution < 1.29 is 5.11 Å². The maximum Gasteiger partial charge on any atom is 0.238 e. The lowest BCUT2D eigenvalue weighted by atomic mass is 9.86. The van der Waals surface area contributed by atoms with Gasteiger partial charge in [0.2, 0.25) is 11.8 Å². The number of hydrogen-bond acceptors (Lipinski definition) is 5. The summed E-state index contributed by atoms with van der Waals surface area (Å²) >= 11 is 0. The van der Waals surface area contributed by atoms with Crippen LogP contribution in [0.4, 0.5) is 11.8 Å². The third-order valence-corrected chi connectivity index (χ3v) is 4.87. The number of nitrogens with one attached hydrogen (secondary N) is 2. The van der Waals surface area contributed by atoms with E-state index in [1.54, 1.807) is 12.4 Å². The summed E-state index contributed by atoms with van der Waals surface area (Å²) in [7, 11) is 0. The van der Waals surface area contributed by atoms with Gasteiger partial charge in [-0.2, -0.15) is 4.98 Å². The fraction of sp³-hybridized carbons (Fsp3) is 0.389. The lowest BCUT2D eigenvalue weighted by Crippen LogP contribution is -2.30. The van der Waals surface area contributed by atoms with Gasteiger partial charge in [-0.05, 0) is 37.0 Å². The van der Waals surface area contributed by atoms with Gasteiger partial charge in [-0.25, -0.2) is 9.98 Å². The van der Waals surface area contributed by atoms with Gasteiger partial charge in [0.05, 0.1) is 0 Å². The number of nitrogens with zero attached hydrogens (tertiary/aromatic N) is 3. The topological polar surface area (TPSA) is 86.2 Å². The van der Waals surface area contributed by atoms with E-state index >= 15 is 0 Å². The van der Waals surface area contributed by atoms with Gasteiger partial charge in [-0.1, -0.05) is 19.8 Å². The van der Waals surface area contributed by atoms with Gasteiger partial charge < -0.3 is 15.4 Å². The molecule has 3 heterocycles. The van der Waals surface area contributed by atoms with Crippen LogP contribution in [0.5, 0.6) is 5.88 Å². The number of allylic oxidation sites excluding steroid dienone is 1. The zero-order valence-corrected chi connectivity index (χ0v) is 16.1. The summed E-state index contributed by atoms with van der Waals surface area (Å²) in [5.74, 6) is 1.95. The van der Waals surface area contributed by atoms with Crippen LogP contribution in [0.15, 0.2) is 23.3 Å². The van der Waals surface area contributed by atoms with Gasteiger partial charge in [0.25, 0.3) is 0 Å². The van der Waals surface area contributed by atoms with Gasteiger partial charge in [0.15, 0.2) is 5.82 Å². The fourth-order valence-corrected chi connectivity index (χ4v) is 3.45. The third-order valence-electron chi connectivity index (χ3n) is 4.87. The van der Waals surface area contributed by atoms with E-state index in [2.05, 4.69) is 32.2 Å². The maximum absolute atomic E-state index is 10.1. The van der Waals surface area contributed by atoms with Crippen molar-refractivity contribution in [3.8, 4) is 5.88 Å². The summed E-state index contributed by atoms with van der Waals surface area (Å²) in [4.78, 5) is 15.9. The second-order valence-corrected chi connectivity index (χ2v) is 6.57. The van der Waals surface area contributed by atoms with E-state index in [-0.39, 0.29) is 30.7 Å². The first-order valence-corrected chi connectivity index (χ1v) is 8.47. The van der Waals surface area contributed by atoms with E-state index in [9.17, 15) is 5.11 Å². The standard InChI is InChI=1S/C18H21N5O.2ClH/c1-11-5-2-3-7-14(11)21-18-22-15(17(24)23-18)9-12-10-20-16-13(12)6-4-8-19-16;;/h4,6,8-11,14,24H,2-3,5,7H2,1H3,(H2,21,22,23);2*1H/b12-9+;;. The zero-order chi connectivity index (χ0) is 16.5. The van der Waals surface area contributed by atoms with E-state index in [0.29, 0.717) is 29.4 Å². The molecule has 0 saturated heterocycles. The Balaban J connectivity index is 0.00000121. The molecule has 8 heteroatoms. The van der Waals surface area contributed by atoms with Crippen molar-refractivity contribution in [2.45, 2.75) is 38.6 Å². The molecule has 2 aliphatic rings. The normalized spacial score (nSPS) is 22.4. The minimum Gasteiger partial charge on any atom is -0.492 e. The van der Waals surface area contributed by atoms with Crippen molar-refractivity contribution in [3.05, 3.63) is 29.6 Å². The average Bonchev–Trinajstić information content (AvgIpc) is 3.14. The van der Waals surface area contributed by atoms with Gasteiger partial charge in [0.1, 0.15) is 5.69 Å². The van der Waals surface area contributed by atoms with Gasteiger partial charge in [-0.3, -0.25) is 0 Å². The first-order valence-electron chi connectivity index (χ1n) is 8.47. The summed E-state index contributed by atoms with van der Waals surface area (Å²) in [6.07, 6.45) is 10.3. The molecule has 26 heavy (non-hydrogen) atoms. The Labute approximate surface area is 165 Å². The van der Waals surface area contributed by atoms with Crippen molar-refractivity contribution in [2.75, 3.05) is 5.32 Å². The largest absolute Gasteiger partial charge is 0.492 e. The van der Waals surface area contributed by atoms with Crippen molar-refractivity contribution >= 4 is 54.4 Å². The van der Waals surface area contributed by atoms with Crippen LogP contribution >= 0.6 is 24.8 Å². The Hall–Kier alpha value is -2.05. The molecule has 4 rings (SSSR count). The Bertz CT molecular complexity index is 818. The molecule has 2 aromatic rings. The molecule has 0 bridgehead atoms. The number of halogens is 2. The lowest BCUT2D eigenvalue weighted by Gasteiger charge is -2.29. The molecular weight excluding hydrogens is 373 g/mol. The molecule has 2 atom stereocenters. The number of aromatic amines is 1. The van der Waals surface area contributed by atoms with E-state index in [4.69, 9.17) is 0 Å². The molecule has 1 fully saturated rings. The lowest BCUT2D eigenvalue weighted by molar-refractivity contribution is 0.348. The number of H-pyrrole nitrogens is 1. The molecule has 2 unspecified atom stereocenters. The second kappa shape index (κ2) is 8.56. The average molecular weight is 396 g/mol. The first-order chi connectivity index (χ1) is 11.7. The predicted octanol–water partition coefficient (Wildman–Crippen LogP) is 4.60. The van der Waals surface area contributed by atoms with Crippen LogP contribution in [-0.2, 0) is 0 Å². The van der Waals surface area contributed by atoms with Crippen LogP contribution in [0.1, 0.15) is 43.9 Å². The number of fused-ring (bicyclic) bond motifs is 1. The SMILES string of the molecule is CC1CCCCC1Nc1nc(O)c(/C=C2\C=Nc3ncccc32)[nH]1.Cl.Cl. The van der Waals surface area contributed by atoms with E-state index in [1.165, 1.54) is 19.3 Å². The number of aromatic hydroxyl groups is 1. The van der Waals surface area contributed by atoms with E-state index in [0.717, 1.165) is 17.6 Å². The zero-order valence-electron chi connectivity index (χ0n) is 14.5. The molecule has 0 aromatic carbocycles. The molecule has 0 radical (unpaired) electrons. The fourth-order valence-electron chi connectivity index (χ4n) is 3.45. The highest BCUT2D eigenvalue weighted by atomic mass is 35.5. The number of aliphatic imine (C=N–C) groups is 1. The highest BCUT2D eigenvalue weighted by Crippen LogP contribution is 2.32. The molecular formula is C18H23Cl2N5O. The summed E-state index contributed by atoms with van der Waals surface area (Å²) in [5, 5.41) is 13.6. The molecule has 140 valence electrons. The molecule has 1 aliphatic heterocycles. The molecule has 6 nitrogen and oxygen atoms in total. The Morgan fingerprint density at radius 1 is 1.27 bits per heavy atom. The quantitative estimate of drug-likeness (QED) is 0.708. The van der Waals surface area contributed by atoms with Crippen LogP contribution in [0.2, 0.25) is 0 Å². The molecule has 0 amide bonds. The van der Waals surface area contributed by atoms with Gasteiger partial charge in [-0.15, -0.1) is 24.8 Å². The summed E-state index contributed by atoms with van der Waals surface area (Å²) in [6.45, 7) is 2.27. The number of rotatable bonds is 3. The minimum absolute atomic E-state index is 0. The minimum atomic E-state index is -0.000738. The van der Waals surface area contributed by atoms with E-state index in [1.807, 2.05) is 18.2 Å². The summed E-state index contributed by atoms with van der Waals surface area (Å²) < 4.78 is 0. The Morgan fingerprint density at radius 2 is 2.08 bits per heavy atom. The molecule has 2 aromatic heterocycles. The number of aromatic nitrogens is 3. The predicted molar refractivity (Wildman–Crippen MR) is 110 cm³/mol. The van der Waals surface area contributed by atoms with Crippen molar-refractivity contribution in [1.29, 1.82) is 0 Å². The summed E-state index contributed by atoms with van der Waals surface area (Å²) in [5.41, 5.74) is 2.45. The monoisotopic (exact) mass is 395 g/mol. The first kappa shape index (κ1) is 20.3.